The number of pyridine rings is 1. The van der Waals surface area contributed by atoms with Gasteiger partial charge in [0.15, 0.2) is 5.96 Å². The van der Waals surface area contributed by atoms with E-state index in [4.69, 9.17) is 10.5 Å². The number of ether oxygens (including phenoxy) is 1. The van der Waals surface area contributed by atoms with E-state index in [1.54, 1.807) is 6.20 Å². The van der Waals surface area contributed by atoms with Crippen molar-refractivity contribution in [3.8, 4) is 5.88 Å². The van der Waals surface area contributed by atoms with Crippen molar-refractivity contribution in [1.82, 2.24) is 4.98 Å². The number of hydrogen-bond acceptors (Lipinski definition) is 3. The second-order valence-electron chi connectivity index (χ2n) is 6.05. The van der Waals surface area contributed by atoms with Gasteiger partial charge in [-0.3, -0.25) is 0 Å². The third-order valence-electron chi connectivity index (χ3n) is 4.18. The maximum atomic E-state index is 5.99. The highest BCUT2D eigenvalue weighted by Crippen LogP contribution is 2.24. The monoisotopic (exact) mass is 452 g/mol. The number of aliphatic imine (C=N–C) groups is 1. The van der Waals surface area contributed by atoms with E-state index in [2.05, 4.69) is 34.3 Å². The molecule has 0 radical (unpaired) electrons. The molecule has 1 aliphatic carbocycles. The number of aromatic nitrogens is 1. The molecule has 2 aromatic rings. The van der Waals surface area contributed by atoms with Crippen LogP contribution in [0.15, 0.2) is 47.6 Å². The average Bonchev–Trinajstić information content (AvgIpc) is 2.57. The van der Waals surface area contributed by atoms with Crippen molar-refractivity contribution in [2.45, 2.75) is 45.3 Å². The molecular weight excluding hydrogens is 427 g/mol. The van der Waals surface area contributed by atoms with E-state index in [-0.39, 0.29) is 24.0 Å². The van der Waals surface area contributed by atoms with Gasteiger partial charge in [0.05, 0.1) is 6.54 Å². The van der Waals surface area contributed by atoms with Crippen molar-refractivity contribution in [2.24, 2.45) is 10.7 Å². The van der Waals surface area contributed by atoms with Crippen molar-refractivity contribution in [3.05, 3.63) is 53.7 Å². The van der Waals surface area contributed by atoms with Gasteiger partial charge in [0, 0.05) is 18.0 Å². The van der Waals surface area contributed by atoms with Crippen LogP contribution in [0.3, 0.4) is 0 Å². The molecule has 0 spiro atoms. The summed E-state index contributed by atoms with van der Waals surface area (Å²) in [5.41, 5.74) is 9.24. The zero-order chi connectivity index (χ0) is 16.8. The standard InChI is InChI=1S/C19H24N4O.HI/c1-2-14-5-3-6-16(11-14)23-19(20)22-13-15-9-10-21-18(12-15)24-17-7-4-8-17;/h3,5-6,9-12,17H,2,4,7-8,13H2,1H3,(H3,20,22,23);1H. The maximum Gasteiger partial charge on any atom is 0.213 e. The highest BCUT2D eigenvalue weighted by Gasteiger charge is 2.19. The summed E-state index contributed by atoms with van der Waals surface area (Å²) in [5, 5.41) is 3.13. The minimum atomic E-state index is 0. The molecule has 3 rings (SSSR count). The molecule has 1 aromatic heterocycles. The Balaban J connectivity index is 0.00000225. The van der Waals surface area contributed by atoms with Crippen LogP contribution < -0.4 is 15.8 Å². The summed E-state index contributed by atoms with van der Waals surface area (Å²) < 4.78 is 5.81. The minimum Gasteiger partial charge on any atom is -0.474 e. The second kappa shape index (κ2) is 9.60. The topological polar surface area (TPSA) is 72.5 Å². The van der Waals surface area contributed by atoms with Crippen LogP contribution in [0.25, 0.3) is 0 Å². The summed E-state index contributed by atoms with van der Waals surface area (Å²) in [5.74, 6) is 1.08. The van der Waals surface area contributed by atoms with Gasteiger partial charge in [-0.25, -0.2) is 9.98 Å². The fourth-order valence-corrected chi connectivity index (χ4v) is 2.51. The van der Waals surface area contributed by atoms with Crippen molar-refractivity contribution in [2.75, 3.05) is 5.32 Å². The Hall–Kier alpha value is -1.83. The van der Waals surface area contributed by atoms with Crippen LogP contribution in [0.4, 0.5) is 5.69 Å². The molecule has 1 heterocycles. The molecule has 5 nitrogen and oxygen atoms in total. The second-order valence-corrected chi connectivity index (χ2v) is 6.05. The van der Waals surface area contributed by atoms with Crippen LogP contribution >= 0.6 is 24.0 Å². The van der Waals surface area contributed by atoms with Crippen LogP contribution in [-0.4, -0.2) is 17.0 Å². The Morgan fingerprint density at radius 1 is 1.28 bits per heavy atom. The third-order valence-corrected chi connectivity index (χ3v) is 4.18. The highest BCUT2D eigenvalue weighted by atomic mass is 127. The lowest BCUT2D eigenvalue weighted by molar-refractivity contribution is 0.114. The quantitative estimate of drug-likeness (QED) is 0.393. The molecular formula is C19H25IN4O. The first kappa shape index (κ1) is 19.5. The van der Waals surface area contributed by atoms with Gasteiger partial charge >= 0.3 is 0 Å². The number of halogens is 1. The number of aryl methyl sites for hydroxylation is 1. The van der Waals surface area contributed by atoms with Gasteiger partial charge in [0.25, 0.3) is 0 Å². The molecule has 134 valence electrons. The molecule has 3 N–H and O–H groups in total. The number of nitrogens with one attached hydrogen (secondary N) is 1. The summed E-state index contributed by atoms with van der Waals surface area (Å²) in [6.45, 7) is 2.62. The first-order valence-electron chi connectivity index (χ1n) is 8.50. The van der Waals surface area contributed by atoms with Gasteiger partial charge in [-0.05, 0) is 55.0 Å². The third kappa shape index (κ3) is 5.88. The van der Waals surface area contributed by atoms with E-state index < -0.39 is 0 Å². The largest absolute Gasteiger partial charge is 0.474 e. The van der Waals surface area contributed by atoms with Crippen molar-refractivity contribution in [1.29, 1.82) is 0 Å². The van der Waals surface area contributed by atoms with Crippen molar-refractivity contribution >= 4 is 35.6 Å². The lowest BCUT2D eigenvalue weighted by Crippen LogP contribution is -2.25. The summed E-state index contributed by atoms with van der Waals surface area (Å²) in [6, 6.07) is 12.0. The maximum absolute atomic E-state index is 5.99. The molecule has 0 aliphatic heterocycles. The normalized spacial score (nSPS) is 14.4. The summed E-state index contributed by atoms with van der Waals surface area (Å²) in [6.07, 6.45) is 6.57. The Bertz CT molecular complexity index is 716. The van der Waals surface area contributed by atoms with Crippen molar-refractivity contribution in [3.63, 3.8) is 0 Å². The van der Waals surface area contributed by atoms with Crippen molar-refractivity contribution < 1.29 is 4.74 Å². The Kier molecular flexibility index (Phi) is 7.49. The molecule has 1 fully saturated rings. The molecule has 1 aromatic carbocycles. The highest BCUT2D eigenvalue weighted by molar-refractivity contribution is 14.0. The van der Waals surface area contributed by atoms with Gasteiger partial charge < -0.3 is 15.8 Å². The molecule has 1 saturated carbocycles. The fourth-order valence-electron chi connectivity index (χ4n) is 2.51. The number of nitrogens with two attached hydrogens (primary N) is 1. The number of anilines is 1. The molecule has 0 atom stereocenters. The fraction of sp³-hybridized carbons (Fsp3) is 0.368. The molecule has 0 amide bonds. The minimum absolute atomic E-state index is 0. The van der Waals surface area contributed by atoms with Crippen LogP contribution in [0.2, 0.25) is 0 Å². The number of nitrogens with zero attached hydrogens (tertiary/aromatic N) is 2. The summed E-state index contributed by atoms with van der Waals surface area (Å²) in [7, 11) is 0. The lowest BCUT2D eigenvalue weighted by atomic mass is 9.96. The summed E-state index contributed by atoms with van der Waals surface area (Å²) >= 11 is 0. The van der Waals surface area contributed by atoms with Gasteiger partial charge in [0.2, 0.25) is 5.88 Å². The SMILES string of the molecule is CCc1cccc(NC(N)=NCc2ccnc(OC3CCC3)c2)c1.I. The van der Waals surface area contributed by atoms with E-state index in [9.17, 15) is 0 Å². The van der Waals surface area contributed by atoms with Crippen LogP contribution in [0.5, 0.6) is 5.88 Å². The van der Waals surface area contributed by atoms with E-state index >= 15 is 0 Å². The molecule has 25 heavy (non-hydrogen) atoms. The van der Waals surface area contributed by atoms with E-state index in [0.717, 1.165) is 30.5 Å². The molecule has 0 bridgehead atoms. The zero-order valence-corrected chi connectivity index (χ0v) is 16.8. The predicted octanol–water partition coefficient (Wildman–Crippen LogP) is 4.12. The van der Waals surface area contributed by atoms with Gasteiger partial charge in [-0.15, -0.1) is 24.0 Å². The number of guanidine groups is 1. The first-order valence-corrected chi connectivity index (χ1v) is 8.50. The van der Waals surface area contributed by atoms with Gasteiger partial charge in [-0.2, -0.15) is 0 Å². The Morgan fingerprint density at radius 3 is 2.84 bits per heavy atom. The molecule has 0 unspecified atom stereocenters. The molecule has 6 heteroatoms. The Morgan fingerprint density at radius 2 is 2.12 bits per heavy atom. The van der Waals surface area contributed by atoms with E-state index in [1.807, 2.05) is 24.3 Å². The average molecular weight is 452 g/mol. The predicted molar refractivity (Wildman–Crippen MR) is 113 cm³/mol. The van der Waals surface area contributed by atoms with E-state index in [0.29, 0.717) is 24.5 Å². The number of benzene rings is 1. The number of rotatable bonds is 6. The van der Waals surface area contributed by atoms with Crippen LogP contribution in [-0.2, 0) is 13.0 Å². The lowest BCUT2D eigenvalue weighted by Gasteiger charge is -2.25. The molecule has 1 aliphatic rings. The van der Waals surface area contributed by atoms with Gasteiger partial charge in [0.1, 0.15) is 6.10 Å². The number of hydrogen-bond donors (Lipinski definition) is 2. The molecule has 0 saturated heterocycles. The zero-order valence-electron chi connectivity index (χ0n) is 14.4. The smallest absolute Gasteiger partial charge is 0.213 e. The Labute approximate surface area is 166 Å². The van der Waals surface area contributed by atoms with Crippen LogP contribution in [0.1, 0.15) is 37.3 Å². The van der Waals surface area contributed by atoms with E-state index in [1.165, 1.54) is 12.0 Å². The van der Waals surface area contributed by atoms with Gasteiger partial charge in [-0.1, -0.05) is 19.1 Å². The van der Waals surface area contributed by atoms with Crippen LogP contribution in [0, 0.1) is 0 Å². The summed E-state index contributed by atoms with van der Waals surface area (Å²) in [4.78, 5) is 8.66. The first-order chi connectivity index (χ1) is 11.7.